The Kier molecular flexibility index (Phi) is 5.93. The number of ether oxygens (including phenoxy) is 3. The predicted octanol–water partition coefficient (Wildman–Crippen LogP) is -0.335. The Balaban J connectivity index is 1.66. The topological polar surface area (TPSA) is 169 Å². The molecular formula is C21H24O10. The first-order chi connectivity index (χ1) is 14.8. The first-order valence-corrected chi connectivity index (χ1v) is 9.75. The normalized spacial score (nSPS) is 32.8. The molecule has 2 aliphatic heterocycles. The van der Waals surface area contributed by atoms with Crippen LogP contribution in [0.25, 0.3) is 0 Å². The molecule has 31 heavy (non-hydrogen) atoms. The summed E-state index contributed by atoms with van der Waals surface area (Å²) in [6, 6.07) is 8.65. The molecule has 2 heterocycles. The number of rotatable bonds is 4. The third-order valence-electron chi connectivity index (χ3n) is 5.55. The average molecular weight is 436 g/mol. The van der Waals surface area contributed by atoms with Crippen LogP contribution >= 0.6 is 0 Å². The van der Waals surface area contributed by atoms with Gasteiger partial charge in [-0.25, -0.2) is 0 Å². The molecule has 0 unspecified atom stereocenters. The van der Waals surface area contributed by atoms with Crippen LogP contribution in [-0.2, 0) is 15.9 Å². The standard InChI is InChI=1S/C21H24O10/c22-8-16-17(26)18(27)19(28)21(31-16)30-15-7-12-13(25)5-11(24)6-14(12)29-20(15)9-1-3-10(23)4-2-9/h1-6,15-28H,7-8H2/t15-,16+,17+,18-,19+,20+,21+/m1/s1. The van der Waals surface area contributed by atoms with Crippen LogP contribution in [0.1, 0.15) is 17.2 Å². The molecule has 7 atom stereocenters. The number of aliphatic hydroxyl groups is 4. The molecule has 2 aromatic carbocycles. The Labute approximate surface area is 177 Å². The van der Waals surface area contributed by atoms with Crippen LogP contribution in [0.3, 0.4) is 0 Å². The van der Waals surface area contributed by atoms with Crippen LogP contribution in [0.4, 0.5) is 0 Å². The van der Waals surface area contributed by atoms with E-state index in [1.54, 1.807) is 12.1 Å². The zero-order valence-electron chi connectivity index (χ0n) is 16.3. The molecule has 1 fully saturated rings. The Morgan fingerprint density at radius 1 is 0.903 bits per heavy atom. The summed E-state index contributed by atoms with van der Waals surface area (Å²) in [6.45, 7) is -0.601. The Morgan fingerprint density at radius 3 is 2.29 bits per heavy atom. The van der Waals surface area contributed by atoms with Crippen LogP contribution in [0, 0.1) is 0 Å². The molecule has 0 aromatic heterocycles. The lowest BCUT2D eigenvalue weighted by Gasteiger charge is -2.43. The van der Waals surface area contributed by atoms with Gasteiger partial charge in [-0.15, -0.1) is 0 Å². The highest BCUT2D eigenvalue weighted by molar-refractivity contribution is 5.51. The van der Waals surface area contributed by atoms with E-state index < -0.39 is 49.5 Å². The molecule has 2 aliphatic rings. The Bertz CT molecular complexity index is 915. The summed E-state index contributed by atoms with van der Waals surface area (Å²) in [5.74, 6) is -0.110. The van der Waals surface area contributed by atoms with E-state index >= 15 is 0 Å². The van der Waals surface area contributed by atoms with Crippen LogP contribution < -0.4 is 4.74 Å². The van der Waals surface area contributed by atoms with E-state index in [0.29, 0.717) is 11.1 Å². The maximum Gasteiger partial charge on any atom is 0.187 e. The van der Waals surface area contributed by atoms with E-state index in [9.17, 15) is 35.7 Å². The fraction of sp³-hybridized carbons (Fsp3) is 0.429. The van der Waals surface area contributed by atoms with E-state index in [1.807, 2.05) is 0 Å². The number of hydrogen-bond donors (Lipinski definition) is 7. The second-order valence-corrected chi connectivity index (χ2v) is 7.65. The number of fused-ring (bicyclic) bond motifs is 1. The summed E-state index contributed by atoms with van der Waals surface area (Å²) in [5.41, 5.74) is 0.961. The lowest BCUT2D eigenvalue weighted by molar-refractivity contribution is -0.317. The molecule has 10 heteroatoms. The smallest absolute Gasteiger partial charge is 0.187 e. The Hall–Kier alpha value is -2.60. The molecule has 168 valence electrons. The highest BCUT2D eigenvalue weighted by Gasteiger charge is 2.46. The molecule has 0 spiro atoms. The fourth-order valence-corrected chi connectivity index (χ4v) is 3.87. The summed E-state index contributed by atoms with van der Waals surface area (Å²) < 4.78 is 17.3. The summed E-state index contributed by atoms with van der Waals surface area (Å²) in [5, 5.41) is 69.4. The summed E-state index contributed by atoms with van der Waals surface area (Å²) >= 11 is 0. The quantitative estimate of drug-likeness (QED) is 0.337. The number of phenolic OH excluding ortho intramolecular Hbond substituents is 3. The van der Waals surface area contributed by atoms with Gasteiger partial charge in [0, 0.05) is 24.1 Å². The monoisotopic (exact) mass is 436 g/mol. The van der Waals surface area contributed by atoms with Gasteiger partial charge >= 0.3 is 0 Å². The lowest BCUT2D eigenvalue weighted by Crippen LogP contribution is -2.60. The van der Waals surface area contributed by atoms with Gasteiger partial charge in [0.15, 0.2) is 12.4 Å². The molecule has 7 N–H and O–H groups in total. The summed E-state index contributed by atoms with van der Waals surface area (Å²) in [6.07, 6.45) is -8.80. The molecule has 0 saturated carbocycles. The van der Waals surface area contributed by atoms with Gasteiger partial charge in [-0.05, 0) is 17.7 Å². The number of aliphatic hydroxyl groups excluding tert-OH is 4. The molecular weight excluding hydrogens is 412 g/mol. The van der Waals surface area contributed by atoms with Gasteiger partial charge in [0.2, 0.25) is 0 Å². The SMILES string of the molecule is OC[C@@H]1O[C@H](O[C@@H]2Cc3c(O)cc(O)cc3O[C@H]2c2ccc(O)cc2)[C@@H](O)[C@H](O)[C@H]1O. The fourth-order valence-electron chi connectivity index (χ4n) is 3.87. The van der Waals surface area contributed by atoms with Gasteiger partial charge in [-0.2, -0.15) is 0 Å². The molecule has 0 aliphatic carbocycles. The molecule has 1 saturated heterocycles. The van der Waals surface area contributed by atoms with Crippen molar-refractivity contribution in [2.45, 2.75) is 49.3 Å². The zero-order chi connectivity index (χ0) is 22.3. The second kappa shape index (κ2) is 8.50. The Morgan fingerprint density at radius 2 is 1.61 bits per heavy atom. The highest BCUT2D eigenvalue weighted by atomic mass is 16.7. The van der Waals surface area contributed by atoms with Gasteiger partial charge in [0.25, 0.3) is 0 Å². The van der Waals surface area contributed by atoms with Crippen molar-refractivity contribution in [3.05, 3.63) is 47.5 Å². The number of aromatic hydroxyl groups is 3. The van der Waals surface area contributed by atoms with Crippen molar-refractivity contribution >= 4 is 0 Å². The van der Waals surface area contributed by atoms with Crippen molar-refractivity contribution in [1.29, 1.82) is 0 Å². The van der Waals surface area contributed by atoms with Crippen LogP contribution in [0.15, 0.2) is 36.4 Å². The van der Waals surface area contributed by atoms with Crippen molar-refractivity contribution in [3.63, 3.8) is 0 Å². The minimum atomic E-state index is -1.61. The van der Waals surface area contributed by atoms with Crippen molar-refractivity contribution in [1.82, 2.24) is 0 Å². The van der Waals surface area contributed by atoms with Gasteiger partial charge < -0.3 is 50.0 Å². The van der Waals surface area contributed by atoms with E-state index in [1.165, 1.54) is 18.2 Å². The zero-order valence-corrected chi connectivity index (χ0v) is 16.3. The average Bonchev–Trinajstić information content (AvgIpc) is 2.74. The summed E-state index contributed by atoms with van der Waals surface area (Å²) in [7, 11) is 0. The first kappa shape index (κ1) is 21.6. The third kappa shape index (κ3) is 4.13. The number of phenols is 3. The van der Waals surface area contributed by atoms with E-state index in [0.717, 1.165) is 6.07 Å². The van der Waals surface area contributed by atoms with Gasteiger partial charge in [0.05, 0.1) is 6.61 Å². The minimum Gasteiger partial charge on any atom is -0.508 e. The maximum atomic E-state index is 10.3. The number of hydrogen-bond acceptors (Lipinski definition) is 10. The first-order valence-electron chi connectivity index (χ1n) is 9.75. The van der Waals surface area contributed by atoms with Crippen molar-refractivity contribution in [2.75, 3.05) is 6.61 Å². The molecule has 4 rings (SSSR count). The lowest BCUT2D eigenvalue weighted by atomic mass is 9.93. The van der Waals surface area contributed by atoms with Crippen LogP contribution in [0.2, 0.25) is 0 Å². The second-order valence-electron chi connectivity index (χ2n) is 7.65. The largest absolute Gasteiger partial charge is 0.508 e. The van der Waals surface area contributed by atoms with Gasteiger partial charge in [0.1, 0.15) is 53.5 Å². The molecule has 0 radical (unpaired) electrons. The third-order valence-corrected chi connectivity index (χ3v) is 5.55. The molecule has 0 bridgehead atoms. The van der Waals surface area contributed by atoms with Crippen molar-refractivity contribution < 1.29 is 50.0 Å². The molecule has 0 amide bonds. The molecule has 2 aromatic rings. The van der Waals surface area contributed by atoms with E-state index in [2.05, 4.69) is 0 Å². The highest BCUT2D eigenvalue weighted by Crippen LogP contribution is 2.43. The van der Waals surface area contributed by atoms with Crippen molar-refractivity contribution in [3.8, 4) is 23.0 Å². The van der Waals surface area contributed by atoms with Gasteiger partial charge in [-0.3, -0.25) is 0 Å². The predicted molar refractivity (Wildman–Crippen MR) is 104 cm³/mol. The van der Waals surface area contributed by atoms with Crippen LogP contribution in [-0.4, -0.2) is 79.2 Å². The van der Waals surface area contributed by atoms with E-state index in [-0.39, 0.29) is 29.4 Å². The summed E-state index contributed by atoms with van der Waals surface area (Å²) in [4.78, 5) is 0. The molecule has 10 nitrogen and oxygen atoms in total. The minimum absolute atomic E-state index is 0.0432. The van der Waals surface area contributed by atoms with Gasteiger partial charge in [-0.1, -0.05) is 12.1 Å². The van der Waals surface area contributed by atoms with Crippen molar-refractivity contribution in [2.24, 2.45) is 0 Å². The van der Waals surface area contributed by atoms with Crippen LogP contribution in [0.5, 0.6) is 23.0 Å². The number of benzene rings is 2. The maximum absolute atomic E-state index is 10.3. The van der Waals surface area contributed by atoms with E-state index in [4.69, 9.17) is 14.2 Å².